The van der Waals surface area contributed by atoms with E-state index in [0.29, 0.717) is 17.7 Å². The maximum absolute atomic E-state index is 13.8. The molecular formula is C14H14F3N3. The first-order chi connectivity index (χ1) is 9.42. The molecule has 0 spiro atoms. The van der Waals surface area contributed by atoms with E-state index in [1.807, 2.05) is 13.8 Å². The van der Waals surface area contributed by atoms with Crippen LogP contribution in [0.15, 0.2) is 18.2 Å². The summed E-state index contributed by atoms with van der Waals surface area (Å²) in [6.07, 6.45) is 0. The van der Waals surface area contributed by atoms with Gasteiger partial charge in [0, 0.05) is 30.7 Å². The number of hydrogen-bond acceptors (Lipinski definition) is 3. The molecule has 0 atom stereocenters. The van der Waals surface area contributed by atoms with Crippen molar-refractivity contribution in [3.05, 3.63) is 41.5 Å². The Kier molecular flexibility index (Phi) is 3.92. The molecule has 3 nitrogen and oxygen atoms in total. The van der Waals surface area contributed by atoms with Crippen molar-refractivity contribution in [3.8, 4) is 11.3 Å². The van der Waals surface area contributed by atoms with Gasteiger partial charge in [0.15, 0.2) is 11.6 Å². The number of aromatic nitrogens is 2. The molecule has 0 aliphatic heterocycles. The molecule has 0 amide bonds. The summed E-state index contributed by atoms with van der Waals surface area (Å²) in [5.74, 6) is -2.19. The third-order valence-corrected chi connectivity index (χ3v) is 2.80. The average Bonchev–Trinajstić information content (AvgIpc) is 2.42. The molecule has 2 aromatic rings. The van der Waals surface area contributed by atoms with Crippen molar-refractivity contribution in [2.45, 2.75) is 19.8 Å². The number of benzene rings is 1. The lowest BCUT2D eigenvalue weighted by Crippen LogP contribution is -2.04. The van der Waals surface area contributed by atoms with E-state index in [4.69, 9.17) is 0 Å². The zero-order chi connectivity index (χ0) is 14.9. The molecule has 0 unspecified atom stereocenters. The Morgan fingerprint density at radius 1 is 0.950 bits per heavy atom. The minimum atomic E-state index is -1.22. The van der Waals surface area contributed by atoms with Crippen LogP contribution in [0, 0.1) is 17.5 Å². The summed E-state index contributed by atoms with van der Waals surface area (Å²) in [4.78, 5) is 8.44. The van der Waals surface area contributed by atoms with Crippen molar-refractivity contribution in [2.24, 2.45) is 0 Å². The fraction of sp³-hybridized carbons (Fsp3) is 0.286. The fourth-order valence-electron chi connectivity index (χ4n) is 1.71. The third kappa shape index (κ3) is 2.74. The molecule has 1 N–H and O–H groups in total. The first-order valence-electron chi connectivity index (χ1n) is 6.14. The molecule has 1 aromatic heterocycles. The fourth-order valence-corrected chi connectivity index (χ4v) is 1.71. The lowest BCUT2D eigenvalue weighted by Gasteiger charge is -2.11. The van der Waals surface area contributed by atoms with Gasteiger partial charge in [-0.2, -0.15) is 0 Å². The van der Waals surface area contributed by atoms with E-state index in [9.17, 15) is 13.2 Å². The second-order valence-corrected chi connectivity index (χ2v) is 4.65. The maximum atomic E-state index is 13.8. The highest BCUT2D eigenvalue weighted by Gasteiger charge is 2.15. The molecule has 0 radical (unpaired) electrons. The number of halogens is 3. The third-order valence-electron chi connectivity index (χ3n) is 2.80. The van der Waals surface area contributed by atoms with E-state index in [1.54, 1.807) is 7.05 Å². The summed E-state index contributed by atoms with van der Waals surface area (Å²) in [7, 11) is 1.66. The molecule has 0 aliphatic carbocycles. The van der Waals surface area contributed by atoms with Crippen LogP contribution in [-0.4, -0.2) is 17.0 Å². The molecule has 1 aromatic carbocycles. The minimum absolute atomic E-state index is 0.0235. The van der Waals surface area contributed by atoms with Crippen LogP contribution in [0.4, 0.5) is 19.0 Å². The lowest BCUT2D eigenvalue weighted by molar-refractivity contribution is 0.496. The molecule has 0 saturated carbocycles. The molecule has 0 aliphatic rings. The first kappa shape index (κ1) is 14.3. The second kappa shape index (κ2) is 5.48. The van der Waals surface area contributed by atoms with Gasteiger partial charge in [-0.1, -0.05) is 13.8 Å². The Labute approximate surface area is 114 Å². The number of rotatable bonds is 3. The Hall–Kier alpha value is -2.11. The van der Waals surface area contributed by atoms with Gasteiger partial charge in [0.05, 0.1) is 5.69 Å². The van der Waals surface area contributed by atoms with Gasteiger partial charge < -0.3 is 5.32 Å². The van der Waals surface area contributed by atoms with Crippen molar-refractivity contribution < 1.29 is 13.2 Å². The van der Waals surface area contributed by atoms with Gasteiger partial charge in [-0.25, -0.2) is 23.1 Å². The van der Waals surface area contributed by atoms with Gasteiger partial charge >= 0.3 is 0 Å². The summed E-state index contributed by atoms with van der Waals surface area (Å²) in [6, 6.07) is 2.80. The lowest BCUT2D eigenvalue weighted by atomic mass is 10.1. The largest absolute Gasteiger partial charge is 0.373 e. The van der Waals surface area contributed by atoms with E-state index in [2.05, 4.69) is 15.3 Å². The van der Waals surface area contributed by atoms with Gasteiger partial charge in [-0.05, 0) is 6.07 Å². The minimum Gasteiger partial charge on any atom is -0.373 e. The summed E-state index contributed by atoms with van der Waals surface area (Å²) in [6.45, 7) is 3.78. The molecule has 2 rings (SSSR count). The van der Waals surface area contributed by atoms with Gasteiger partial charge in [-0.3, -0.25) is 0 Å². The van der Waals surface area contributed by atoms with Crippen molar-refractivity contribution in [1.82, 2.24) is 9.97 Å². The van der Waals surface area contributed by atoms with Gasteiger partial charge in [0.2, 0.25) is 0 Å². The second-order valence-electron chi connectivity index (χ2n) is 4.65. The van der Waals surface area contributed by atoms with Crippen molar-refractivity contribution in [1.29, 1.82) is 0 Å². The Bertz CT molecular complexity index is 642. The van der Waals surface area contributed by atoms with E-state index in [0.717, 1.165) is 6.07 Å². The van der Waals surface area contributed by atoms with Gasteiger partial charge in [-0.15, -0.1) is 0 Å². The molecule has 6 heteroatoms. The van der Waals surface area contributed by atoms with Crippen LogP contribution >= 0.6 is 0 Å². The highest BCUT2D eigenvalue weighted by atomic mass is 19.2. The molecule has 20 heavy (non-hydrogen) atoms. The molecule has 0 fully saturated rings. The summed E-state index contributed by atoms with van der Waals surface area (Å²) in [5.41, 5.74) is 0.120. The van der Waals surface area contributed by atoms with Crippen LogP contribution < -0.4 is 5.32 Å². The van der Waals surface area contributed by atoms with Crippen LogP contribution in [0.5, 0.6) is 0 Å². The quantitative estimate of drug-likeness (QED) is 0.871. The van der Waals surface area contributed by atoms with Crippen LogP contribution in [0.1, 0.15) is 25.6 Å². The maximum Gasteiger partial charge on any atom is 0.161 e. The highest BCUT2D eigenvalue weighted by Crippen LogP contribution is 2.26. The van der Waals surface area contributed by atoms with E-state index < -0.39 is 17.5 Å². The van der Waals surface area contributed by atoms with Crippen molar-refractivity contribution in [2.75, 3.05) is 12.4 Å². The Morgan fingerprint density at radius 3 is 2.20 bits per heavy atom. The normalized spacial score (nSPS) is 10.9. The predicted octanol–water partition coefficient (Wildman–Crippen LogP) is 3.73. The summed E-state index contributed by atoms with van der Waals surface area (Å²) in [5, 5.41) is 2.84. The number of anilines is 1. The van der Waals surface area contributed by atoms with Crippen LogP contribution in [0.25, 0.3) is 11.3 Å². The Balaban J connectivity index is 2.62. The van der Waals surface area contributed by atoms with Crippen LogP contribution in [0.2, 0.25) is 0 Å². The van der Waals surface area contributed by atoms with E-state index in [1.165, 1.54) is 6.07 Å². The van der Waals surface area contributed by atoms with Gasteiger partial charge in [0.1, 0.15) is 17.5 Å². The molecule has 0 saturated heterocycles. The van der Waals surface area contributed by atoms with Crippen LogP contribution in [-0.2, 0) is 0 Å². The molecule has 0 bridgehead atoms. The first-order valence-corrected chi connectivity index (χ1v) is 6.14. The van der Waals surface area contributed by atoms with E-state index >= 15 is 0 Å². The zero-order valence-corrected chi connectivity index (χ0v) is 11.3. The SMILES string of the molecule is CNc1cc(-c2cc(F)c(F)cc2F)nc(C(C)C)n1. The predicted molar refractivity (Wildman–Crippen MR) is 71.0 cm³/mol. The van der Waals surface area contributed by atoms with Crippen molar-refractivity contribution >= 4 is 5.82 Å². The summed E-state index contributed by atoms with van der Waals surface area (Å²) < 4.78 is 40.1. The smallest absolute Gasteiger partial charge is 0.161 e. The monoisotopic (exact) mass is 281 g/mol. The number of nitrogens with zero attached hydrogens (tertiary/aromatic N) is 2. The molecule has 1 heterocycles. The van der Waals surface area contributed by atoms with Gasteiger partial charge in [0.25, 0.3) is 0 Å². The molecule has 106 valence electrons. The Morgan fingerprint density at radius 2 is 1.60 bits per heavy atom. The average molecular weight is 281 g/mol. The topological polar surface area (TPSA) is 37.8 Å². The van der Waals surface area contributed by atoms with Crippen molar-refractivity contribution in [3.63, 3.8) is 0 Å². The highest BCUT2D eigenvalue weighted by molar-refractivity contribution is 5.63. The zero-order valence-electron chi connectivity index (χ0n) is 11.3. The standard InChI is InChI=1S/C14H14F3N3/c1-7(2)14-19-12(6-13(18-3)20-14)8-4-10(16)11(17)5-9(8)15/h4-7H,1-3H3,(H,18,19,20). The molecular weight excluding hydrogens is 267 g/mol. The van der Waals surface area contributed by atoms with E-state index in [-0.39, 0.29) is 17.2 Å². The number of nitrogens with one attached hydrogen (secondary N) is 1. The van der Waals surface area contributed by atoms with Crippen LogP contribution in [0.3, 0.4) is 0 Å². The number of hydrogen-bond donors (Lipinski definition) is 1. The summed E-state index contributed by atoms with van der Waals surface area (Å²) >= 11 is 0.